The fourth-order valence-corrected chi connectivity index (χ4v) is 2.97. The zero-order valence-electron chi connectivity index (χ0n) is 13.0. The number of thioether (sulfide) groups is 2. The molecule has 0 fully saturated rings. The van der Waals surface area contributed by atoms with Gasteiger partial charge in [-0.1, -0.05) is 23.9 Å². The summed E-state index contributed by atoms with van der Waals surface area (Å²) in [6, 6.07) is 6.28. The molecule has 1 aromatic carbocycles. The van der Waals surface area contributed by atoms with E-state index >= 15 is 0 Å². The molecule has 1 amide bonds. The van der Waals surface area contributed by atoms with E-state index in [4.69, 9.17) is 4.42 Å². The lowest BCUT2D eigenvalue weighted by Crippen LogP contribution is -2.31. The smallest absolute Gasteiger partial charge is 0.277 e. The van der Waals surface area contributed by atoms with E-state index in [1.165, 1.54) is 23.9 Å². The van der Waals surface area contributed by atoms with Crippen LogP contribution in [0.15, 0.2) is 33.9 Å². The zero-order chi connectivity index (χ0) is 16.7. The summed E-state index contributed by atoms with van der Waals surface area (Å²) in [7, 11) is 0. The summed E-state index contributed by atoms with van der Waals surface area (Å²) in [4.78, 5) is 14.0. The monoisotopic (exact) mass is 355 g/mol. The van der Waals surface area contributed by atoms with Crippen LogP contribution in [0.1, 0.15) is 18.4 Å². The van der Waals surface area contributed by atoms with Gasteiger partial charge in [-0.2, -0.15) is 11.8 Å². The molecule has 0 atom stereocenters. The first kappa shape index (κ1) is 17.8. The largest absolute Gasteiger partial charge is 0.415 e. The number of amides is 1. The standard InChI is InChI=1S/C15H18FN3O2S2/c1-3-19(8-11-5-4-6-12(16)7-11)14(20)10-23-15-18-17-13(21-15)9-22-2/h4-7H,3,8-10H2,1-2H3. The van der Waals surface area contributed by atoms with Gasteiger partial charge in [0, 0.05) is 13.1 Å². The minimum atomic E-state index is -0.299. The fraction of sp³-hybridized carbons (Fsp3) is 0.400. The average molecular weight is 355 g/mol. The lowest BCUT2D eigenvalue weighted by atomic mass is 10.2. The molecule has 0 bridgehead atoms. The van der Waals surface area contributed by atoms with E-state index in [9.17, 15) is 9.18 Å². The van der Waals surface area contributed by atoms with Crippen LogP contribution < -0.4 is 0 Å². The van der Waals surface area contributed by atoms with Crippen molar-refractivity contribution in [1.29, 1.82) is 0 Å². The molecule has 0 N–H and O–H groups in total. The Morgan fingerprint density at radius 3 is 2.91 bits per heavy atom. The predicted molar refractivity (Wildman–Crippen MR) is 89.7 cm³/mol. The Morgan fingerprint density at radius 1 is 1.39 bits per heavy atom. The first-order valence-corrected chi connectivity index (χ1v) is 9.46. The van der Waals surface area contributed by atoms with Crippen LogP contribution in [0.4, 0.5) is 4.39 Å². The Labute approximate surface area is 143 Å². The molecule has 0 saturated carbocycles. The Hall–Kier alpha value is -1.54. The number of hydrogen-bond donors (Lipinski definition) is 0. The van der Waals surface area contributed by atoms with E-state index in [1.807, 2.05) is 13.2 Å². The number of benzene rings is 1. The highest BCUT2D eigenvalue weighted by atomic mass is 32.2. The Kier molecular flexibility index (Phi) is 6.91. The summed E-state index contributed by atoms with van der Waals surface area (Å²) >= 11 is 2.81. The molecule has 124 valence electrons. The van der Waals surface area contributed by atoms with Crippen LogP contribution in [0, 0.1) is 5.82 Å². The third kappa shape index (κ3) is 5.54. The van der Waals surface area contributed by atoms with Gasteiger partial charge in [-0.05, 0) is 30.9 Å². The summed E-state index contributed by atoms with van der Waals surface area (Å²) in [5, 5.41) is 8.19. The van der Waals surface area contributed by atoms with Gasteiger partial charge >= 0.3 is 0 Å². The molecular weight excluding hydrogens is 337 g/mol. The Morgan fingerprint density at radius 2 is 2.22 bits per heavy atom. The second kappa shape index (κ2) is 8.93. The van der Waals surface area contributed by atoms with Crippen molar-refractivity contribution in [3.63, 3.8) is 0 Å². The summed E-state index contributed by atoms with van der Waals surface area (Å²) in [5.41, 5.74) is 0.769. The van der Waals surface area contributed by atoms with E-state index in [2.05, 4.69) is 10.2 Å². The van der Waals surface area contributed by atoms with Crippen molar-refractivity contribution in [2.24, 2.45) is 0 Å². The van der Waals surface area contributed by atoms with Crippen LogP contribution >= 0.6 is 23.5 Å². The third-order valence-electron chi connectivity index (χ3n) is 3.03. The van der Waals surface area contributed by atoms with Crippen molar-refractivity contribution >= 4 is 29.4 Å². The molecule has 0 radical (unpaired) electrons. The Balaban J connectivity index is 1.89. The lowest BCUT2D eigenvalue weighted by molar-refractivity contribution is -0.128. The van der Waals surface area contributed by atoms with E-state index in [-0.39, 0.29) is 17.5 Å². The van der Waals surface area contributed by atoms with Gasteiger partial charge in [-0.25, -0.2) is 4.39 Å². The van der Waals surface area contributed by atoms with E-state index in [1.54, 1.807) is 28.8 Å². The molecule has 0 saturated heterocycles. The van der Waals surface area contributed by atoms with Crippen LogP contribution in [-0.4, -0.2) is 39.6 Å². The number of rotatable bonds is 8. The number of halogens is 1. The topological polar surface area (TPSA) is 59.2 Å². The van der Waals surface area contributed by atoms with Crippen LogP contribution in [0.2, 0.25) is 0 Å². The molecule has 0 aliphatic carbocycles. The zero-order valence-corrected chi connectivity index (χ0v) is 14.6. The number of carbonyl (C=O) groups excluding carboxylic acids is 1. The Bertz CT molecular complexity index is 651. The minimum absolute atomic E-state index is 0.0497. The van der Waals surface area contributed by atoms with Crippen LogP contribution in [0.5, 0.6) is 0 Å². The van der Waals surface area contributed by atoms with Gasteiger partial charge in [0.2, 0.25) is 11.8 Å². The number of nitrogens with zero attached hydrogens (tertiary/aromatic N) is 3. The molecule has 8 heteroatoms. The van der Waals surface area contributed by atoms with Crippen molar-refractivity contribution in [1.82, 2.24) is 15.1 Å². The molecule has 0 spiro atoms. The maximum absolute atomic E-state index is 13.2. The lowest BCUT2D eigenvalue weighted by Gasteiger charge is -2.20. The van der Waals surface area contributed by atoms with Gasteiger partial charge in [0.15, 0.2) is 0 Å². The summed E-state index contributed by atoms with van der Waals surface area (Å²) in [6.07, 6.45) is 1.95. The summed E-state index contributed by atoms with van der Waals surface area (Å²) in [6.45, 7) is 2.83. The van der Waals surface area contributed by atoms with Crippen molar-refractivity contribution < 1.29 is 13.6 Å². The molecular formula is C15H18FN3O2S2. The normalized spacial score (nSPS) is 10.7. The molecule has 0 aliphatic rings. The molecule has 0 aliphatic heterocycles. The SMILES string of the molecule is CCN(Cc1cccc(F)c1)C(=O)CSc1nnc(CSC)o1. The molecule has 0 unspecified atom stereocenters. The van der Waals surface area contributed by atoms with E-state index in [0.29, 0.717) is 30.0 Å². The van der Waals surface area contributed by atoms with Crippen LogP contribution in [0.3, 0.4) is 0 Å². The highest BCUT2D eigenvalue weighted by Gasteiger charge is 2.15. The van der Waals surface area contributed by atoms with Crippen molar-refractivity contribution in [3.05, 3.63) is 41.5 Å². The van der Waals surface area contributed by atoms with Crippen molar-refractivity contribution in [2.75, 3.05) is 18.6 Å². The minimum Gasteiger partial charge on any atom is -0.415 e. The highest BCUT2D eigenvalue weighted by Crippen LogP contribution is 2.19. The van der Waals surface area contributed by atoms with Gasteiger partial charge in [0.25, 0.3) is 5.22 Å². The molecule has 23 heavy (non-hydrogen) atoms. The van der Waals surface area contributed by atoms with E-state index in [0.717, 1.165) is 5.56 Å². The quantitative estimate of drug-likeness (QED) is 0.678. The summed E-state index contributed by atoms with van der Waals surface area (Å²) in [5.74, 6) is 1.07. The van der Waals surface area contributed by atoms with Gasteiger partial charge in [-0.15, -0.1) is 10.2 Å². The van der Waals surface area contributed by atoms with Crippen molar-refractivity contribution in [3.8, 4) is 0 Å². The second-order valence-electron chi connectivity index (χ2n) is 4.72. The average Bonchev–Trinajstić information content (AvgIpc) is 2.98. The molecule has 2 rings (SSSR count). The van der Waals surface area contributed by atoms with Crippen LogP contribution in [0.25, 0.3) is 0 Å². The number of carbonyl (C=O) groups is 1. The first-order valence-electron chi connectivity index (χ1n) is 7.08. The van der Waals surface area contributed by atoms with Gasteiger partial charge in [0.05, 0.1) is 11.5 Å². The van der Waals surface area contributed by atoms with E-state index < -0.39 is 0 Å². The molecule has 5 nitrogen and oxygen atoms in total. The maximum Gasteiger partial charge on any atom is 0.277 e. The van der Waals surface area contributed by atoms with Gasteiger partial charge in [0.1, 0.15) is 5.82 Å². The molecule has 1 aromatic heterocycles. The number of aromatic nitrogens is 2. The van der Waals surface area contributed by atoms with Gasteiger partial charge in [-0.3, -0.25) is 4.79 Å². The number of hydrogen-bond acceptors (Lipinski definition) is 6. The first-order chi connectivity index (χ1) is 11.1. The predicted octanol–water partition coefficient (Wildman–Crippen LogP) is 3.21. The van der Waals surface area contributed by atoms with Crippen LogP contribution in [-0.2, 0) is 17.1 Å². The molecule has 1 heterocycles. The third-order valence-corrected chi connectivity index (χ3v) is 4.37. The fourth-order valence-electron chi connectivity index (χ4n) is 1.93. The molecule has 2 aromatic rings. The maximum atomic E-state index is 13.2. The second-order valence-corrected chi connectivity index (χ2v) is 6.51. The highest BCUT2D eigenvalue weighted by molar-refractivity contribution is 7.99. The van der Waals surface area contributed by atoms with Crippen molar-refractivity contribution in [2.45, 2.75) is 24.4 Å². The van der Waals surface area contributed by atoms with Gasteiger partial charge < -0.3 is 9.32 Å². The summed E-state index contributed by atoms with van der Waals surface area (Å²) < 4.78 is 18.6.